The topological polar surface area (TPSA) is 65.2 Å². The van der Waals surface area contributed by atoms with E-state index < -0.39 is 5.82 Å². The van der Waals surface area contributed by atoms with Crippen molar-refractivity contribution in [3.8, 4) is 11.4 Å². The smallest absolute Gasteiger partial charge is 0.274 e. The number of ether oxygens (including phenoxy) is 1. The summed E-state index contributed by atoms with van der Waals surface area (Å²) in [6.45, 7) is 0.503. The van der Waals surface area contributed by atoms with E-state index >= 15 is 0 Å². The number of benzene rings is 2. The van der Waals surface area contributed by atoms with Gasteiger partial charge in [-0.25, -0.2) is 13.8 Å². The summed E-state index contributed by atoms with van der Waals surface area (Å²) in [7, 11) is 1.72. The predicted octanol–water partition coefficient (Wildman–Crippen LogP) is 4.17. The normalized spacial score (nSPS) is 10.8. The first kappa shape index (κ1) is 20.6. The number of rotatable bonds is 7. The third kappa shape index (κ3) is 4.92. The highest BCUT2D eigenvalue weighted by Gasteiger charge is 2.15. The summed E-state index contributed by atoms with van der Waals surface area (Å²) in [4.78, 5) is 14.3. The fourth-order valence-corrected chi connectivity index (χ4v) is 3.14. The van der Waals surface area contributed by atoms with Crippen LogP contribution in [0.2, 0.25) is 5.02 Å². The van der Waals surface area contributed by atoms with Gasteiger partial charge in [-0.3, -0.25) is 4.79 Å². The highest BCUT2D eigenvalue weighted by atomic mass is 35.5. The molecule has 2 aromatic heterocycles. The second-order valence-corrected chi connectivity index (χ2v) is 7.28. The maximum Gasteiger partial charge on any atom is 0.274 e. The van der Waals surface area contributed by atoms with E-state index in [0.29, 0.717) is 18.0 Å². The minimum Gasteiger partial charge on any atom is -0.471 e. The zero-order chi connectivity index (χ0) is 21.8. The van der Waals surface area contributed by atoms with Gasteiger partial charge in [0.1, 0.15) is 11.6 Å². The summed E-state index contributed by atoms with van der Waals surface area (Å²) < 4.78 is 22.0. The molecule has 0 N–H and O–H groups in total. The van der Waals surface area contributed by atoms with Gasteiger partial charge in [0.15, 0.2) is 12.4 Å². The fraction of sp³-hybridized carbons (Fsp3) is 0.136. The van der Waals surface area contributed by atoms with E-state index in [0.717, 1.165) is 11.3 Å². The first-order valence-electron chi connectivity index (χ1n) is 9.45. The molecule has 2 aromatic carbocycles. The number of hydrogen-bond acceptors (Lipinski definition) is 4. The Labute approximate surface area is 183 Å². The second kappa shape index (κ2) is 9.01. The van der Waals surface area contributed by atoms with E-state index in [9.17, 15) is 9.18 Å². The molecule has 0 atom stereocenters. The van der Waals surface area contributed by atoms with Gasteiger partial charge < -0.3 is 9.64 Å². The lowest BCUT2D eigenvalue weighted by atomic mass is 10.2. The third-order valence-electron chi connectivity index (χ3n) is 4.59. The van der Waals surface area contributed by atoms with Gasteiger partial charge in [-0.1, -0.05) is 23.7 Å². The molecule has 0 saturated carbocycles. The molecule has 4 aromatic rings. The van der Waals surface area contributed by atoms with Crippen LogP contribution in [0.25, 0.3) is 5.69 Å². The number of halogens is 2. The lowest BCUT2D eigenvalue weighted by Crippen LogP contribution is -2.26. The molecule has 0 saturated heterocycles. The maximum absolute atomic E-state index is 13.2. The van der Waals surface area contributed by atoms with Gasteiger partial charge in [-0.2, -0.15) is 10.2 Å². The molecule has 158 valence electrons. The van der Waals surface area contributed by atoms with Crippen molar-refractivity contribution in [1.82, 2.24) is 24.5 Å². The Bertz CT molecular complexity index is 1180. The van der Waals surface area contributed by atoms with Gasteiger partial charge in [0.05, 0.1) is 10.7 Å². The molecule has 0 bridgehead atoms. The lowest BCUT2D eigenvalue weighted by molar-refractivity contribution is 0.0777. The summed E-state index contributed by atoms with van der Waals surface area (Å²) >= 11 is 5.75. The van der Waals surface area contributed by atoms with E-state index in [-0.39, 0.29) is 17.7 Å². The van der Waals surface area contributed by atoms with Crippen LogP contribution in [0.3, 0.4) is 0 Å². The van der Waals surface area contributed by atoms with E-state index in [4.69, 9.17) is 16.3 Å². The molecule has 0 unspecified atom stereocenters. The third-order valence-corrected chi connectivity index (χ3v) is 4.88. The molecular weight excluding hydrogens is 421 g/mol. The molecule has 4 rings (SSSR count). The number of hydrogen-bond donors (Lipinski definition) is 0. The summed E-state index contributed by atoms with van der Waals surface area (Å²) in [5.74, 6) is -0.315. The van der Waals surface area contributed by atoms with E-state index in [1.165, 1.54) is 22.9 Å². The maximum atomic E-state index is 13.2. The SMILES string of the molecule is CN(Cc1ccc(-n2cccn2)cc1)C(=O)c1ccn(COc2ccc(F)c(Cl)c2)n1. The Morgan fingerprint density at radius 3 is 2.68 bits per heavy atom. The highest BCUT2D eigenvalue weighted by molar-refractivity contribution is 6.30. The van der Waals surface area contributed by atoms with E-state index in [2.05, 4.69) is 10.2 Å². The molecule has 0 aliphatic carbocycles. The zero-order valence-electron chi connectivity index (χ0n) is 16.7. The number of aromatic nitrogens is 4. The molecule has 0 radical (unpaired) electrons. The van der Waals surface area contributed by atoms with Gasteiger partial charge in [0.2, 0.25) is 0 Å². The van der Waals surface area contributed by atoms with Crippen molar-refractivity contribution in [3.05, 3.63) is 95.3 Å². The Hall–Kier alpha value is -3.65. The minimum absolute atomic E-state index is 0.0203. The summed E-state index contributed by atoms with van der Waals surface area (Å²) in [6.07, 6.45) is 5.24. The largest absolute Gasteiger partial charge is 0.471 e. The molecule has 31 heavy (non-hydrogen) atoms. The minimum atomic E-state index is -0.514. The fourth-order valence-electron chi connectivity index (χ4n) is 2.97. The van der Waals surface area contributed by atoms with Crippen LogP contribution in [0.1, 0.15) is 16.1 Å². The Morgan fingerprint density at radius 2 is 1.97 bits per heavy atom. The molecule has 0 spiro atoms. The van der Waals surface area contributed by atoms with Crippen molar-refractivity contribution in [3.63, 3.8) is 0 Å². The van der Waals surface area contributed by atoms with Crippen LogP contribution in [0.4, 0.5) is 4.39 Å². The summed E-state index contributed by atoms with van der Waals surface area (Å²) in [5.41, 5.74) is 2.24. The number of carbonyl (C=O) groups excluding carboxylic acids is 1. The standard InChI is InChI=1S/C22H19ClFN5O2/c1-27(14-16-3-5-17(6-4-16)29-11-2-10-25-29)22(30)21-9-12-28(26-21)15-31-18-7-8-20(24)19(23)13-18/h2-13H,14-15H2,1H3. The zero-order valence-corrected chi connectivity index (χ0v) is 17.4. The molecule has 9 heteroatoms. The average Bonchev–Trinajstić information content (AvgIpc) is 3.47. The highest BCUT2D eigenvalue weighted by Crippen LogP contribution is 2.21. The molecule has 0 fully saturated rings. The van der Waals surface area contributed by atoms with Crippen molar-refractivity contribution in [1.29, 1.82) is 0 Å². The van der Waals surface area contributed by atoms with Crippen LogP contribution in [-0.2, 0) is 13.3 Å². The first-order chi connectivity index (χ1) is 15.0. The molecular formula is C22H19ClFN5O2. The van der Waals surface area contributed by atoms with Crippen LogP contribution in [0.15, 0.2) is 73.2 Å². The molecule has 0 aliphatic rings. The van der Waals surface area contributed by atoms with Crippen LogP contribution < -0.4 is 4.74 Å². The van der Waals surface area contributed by atoms with Gasteiger partial charge in [-0.15, -0.1) is 0 Å². The number of nitrogens with zero attached hydrogens (tertiary/aromatic N) is 5. The van der Waals surface area contributed by atoms with Gasteiger partial charge in [0, 0.05) is 38.2 Å². The molecule has 0 aliphatic heterocycles. The molecule has 7 nitrogen and oxygen atoms in total. The van der Waals surface area contributed by atoms with Crippen molar-refractivity contribution in [2.75, 3.05) is 7.05 Å². The first-order valence-corrected chi connectivity index (χ1v) is 9.83. The van der Waals surface area contributed by atoms with Crippen molar-refractivity contribution >= 4 is 17.5 Å². The Kier molecular flexibility index (Phi) is 5.99. The van der Waals surface area contributed by atoms with Crippen molar-refractivity contribution < 1.29 is 13.9 Å². The molecule has 2 heterocycles. The summed E-state index contributed by atoms with van der Waals surface area (Å²) in [5, 5.41) is 8.44. The Morgan fingerprint density at radius 1 is 1.16 bits per heavy atom. The Balaban J connectivity index is 1.34. The van der Waals surface area contributed by atoms with Crippen molar-refractivity contribution in [2.24, 2.45) is 0 Å². The van der Waals surface area contributed by atoms with Gasteiger partial charge in [-0.05, 0) is 42.0 Å². The van der Waals surface area contributed by atoms with Gasteiger partial charge in [0.25, 0.3) is 5.91 Å². The van der Waals surface area contributed by atoms with Gasteiger partial charge >= 0.3 is 0 Å². The predicted molar refractivity (Wildman–Crippen MR) is 114 cm³/mol. The molecule has 1 amide bonds. The van der Waals surface area contributed by atoms with Crippen LogP contribution in [-0.4, -0.2) is 37.4 Å². The summed E-state index contributed by atoms with van der Waals surface area (Å²) in [6, 6.07) is 15.4. The van der Waals surface area contributed by atoms with Crippen molar-refractivity contribution in [2.45, 2.75) is 13.3 Å². The van der Waals surface area contributed by atoms with Crippen LogP contribution in [0.5, 0.6) is 5.75 Å². The lowest BCUT2D eigenvalue weighted by Gasteiger charge is -2.16. The average molecular weight is 440 g/mol. The quantitative estimate of drug-likeness (QED) is 0.433. The number of amides is 1. The second-order valence-electron chi connectivity index (χ2n) is 6.87. The van der Waals surface area contributed by atoms with E-state index in [1.807, 2.05) is 36.5 Å². The van der Waals surface area contributed by atoms with E-state index in [1.54, 1.807) is 35.1 Å². The number of carbonyl (C=O) groups is 1. The van der Waals surface area contributed by atoms with Crippen LogP contribution in [0, 0.1) is 5.82 Å². The monoisotopic (exact) mass is 439 g/mol. The van der Waals surface area contributed by atoms with Crippen LogP contribution >= 0.6 is 11.6 Å².